The first-order chi connectivity index (χ1) is 21.4. The lowest BCUT2D eigenvalue weighted by molar-refractivity contribution is -0.155. The number of nitrogens with zero attached hydrogens (tertiary/aromatic N) is 1. The molecule has 0 aliphatic rings. The number of benzene rings is 4. The van der Waals surface area contributed by atoms with Gasteiger partial charge in [-0.05, 0) is 124 Å². The molecule has 0 aliphatic heterocycles. The van der Waals surface area contributed by atoms with E-state index in [1.807, 2.05) is 31.2 Å². The van der Waals surface area contributed by atoms with E-state index in [4.69, 9.17) is 9.47 Å². The smallest absolute Gasteiger partial charge is 0.330 e. The second-order valence-corrected chi connectivity index (χ2v) is 11.8. The SMILES string of the molecule is C=CC(=O)OC(C)C(C)(c1ccc(-c2ccc(N(c3ccc(C)c(C)c3)c3ccc(C)c(C)c3)cc2)cc1)C(C)OC(=O)C=C. The van der Waals surface area contributed by atoms with E-state index in [9.17, 15) is 9.59 Å². The lowest BCUT2D eigenvalue weighted by Crippen LogP contribution is -2.48. The molecule has 0 radical (unpaired) electrons. The molecule has 0 N–H and O–H groups in total. The third-order valence-electron chi connectivity index (χ3n) is 9.07. The molecule has 0 heterocycles. The minimum absolute atomic E-state index is 0.539. The molecule has 4 aromatic carbocycles. The van der Waals surface area contributed by atoms with Crippen LogP contribution >= 0.6 is 0 Å². The van der Waals surface area contributed by atoms with Crippen LogP contribution in [0.15, 0.2) is 110 Å². The summed E-state index contributed by atoms with van der Waals surface area (Å²) in [5.74, 6) is -1.08. The summed E-state index contributed by atoms with van der Waals surface area (Å²) in [7, 11) is 0. The van der Waals surface area contributed by atoms with Crippen molar-refractivity contribution in [3.8, 4) is 11.1 Å². The predicted molar refractivity (Wildman–Crippen MR) is 184 cm³/mol. The molecule has 0 bridgehead atoms. The van der Waals surface area contributed by atoms with Gasteiger partial charge in [0, 0.05) is 29.2 Å². The van der Waals surface area contributed by atoms with Crippen LogP contribution in [0.4, 0.5) is 17.1 Å². The third-order valence-corrected chi connectivity index (χ3v) is 9.07. The predicted octanol–water partition coefficient (Wildman–Crippen LogP) is 9.55. The van der Waals surface area contributed by atoms with Crippen molar-refractivity contribution in [1.82, 2.24) is 0 Å². The Balaban J connectivity index is 1.69. The maximum absolute atomic E-state index is 12.1. The second kappa shape index (κ2) is 13.8. The average Bonchev–Trinajstić information content (AvgIpc) is 3.04. The molecule has 5 heteroatoms. The molecule has 0 saturated carbocycles. The molecule has 4 rings (SSSR count). The Morgan fingerprint density at radius 2 is 1.00 bits per heavy atom. The van der Waals surface area contributed by atoms with Crippen LogP contribution in [0.2, 0.25) is 0 Å². The summed E-state index contributed by atoms with van der Waals surface area (Å²) in [6, 6.07) is 29.7. The molecule has 2 atom stereocenters. The number of rotatable bonds is 11. The van der Waals surface area contributed by atoms with Crippen LogP contribution in [0.5, 0.6) is 0 Å². The molecule has 0 saturated heterocycles. The first-order valence-corrected chi connectivity index (χ1v) is 15.2. The number of hydrogen-bond acceptors (Lipinski definition) is 5. The molecule has 0 aliphatic carbocycles. The minimum Gasteiger partial charge on any atom is -0.458 e. The maximum atomic E-state index is 12.1. The van der Waals surface area contributed by atoms with E-state index in [1.54, 1.807) is 13.8 Å². The summed E-state index contributed by atoms with van der Waals surface area (Å²) >= 11 is 0. The van der Waals surface area contributed by atoms with Gasteiger partial charge in [-0.15, -0.1) is 0 Å². The van der Waals surface area contributed by atoms with Crippen molar-refractivity contribution in [2.45, 2.75) is 66.1 Å². The molecular weight excluding hydrogens is 558 g/mol. The van der Waals surface area contributed by atoms with E-state index in [0.29, 0.717) is 0 Å². The van der Waals surface area contributed by atoms with Gasteiger partial charge in [0.05, 0.1) is 5.41 Å². The Labute approximate surface area is 267 Å². The summed E-state index contributed by atoms with van der Waals surface area (Å²) in [6.07, 6.45) is 1.04. The highest BCUT2D eigenvalue weighted by molar-refractivity contribution is 5.82. The van der Waals surface area contributed by atoms with Gasteiger partial charge in [-0.3, -0.25) is 0 Å². The van der Waals surface area contributed by atoms with E-state index >= 15 is 0 Å². The first-order valence-electron chi connectivity index (χ1n) is 15.2. The van der Waals surface area contributed by atoms with Crippen molar-refractivity contribution in [3.05, 3.63) is 138 Å². The van der Waals surface area contributed by atoms with E-state index in [2.05, 4.69) is 106 Å². The fourth-order valence-electron chi connectivity index (χ4n) is 5.49. The quantitative estimate of drug-likeness (QED) is 0.127. The van der Waals surface area contributed by atoms with Gasteiger partial charge >= 0.3 is 11.9 Å². The Kier molecular flexibility index (Phi) is 10.1. The Morgan fingerprint density at radius 1 is 0.622 bits per heavy atom. The fourth-order valence-corrected chi connectivity index (χ4v) is 5.49. The number of carbonyl (C=O) groups excluding carboxylic acids is 2. The molecule has 0 amide bonds. The van der Waals surface area contributed by atoms with Crippen molar-refractivity contribution in [2.24, 2.45) is 0 Å². The van der Waals surface area contributed by atoms with E-state index in [-0.39, 0.29) is 0 Å². The molecule has 2 unspecified atom stereocenters. The van der Waals surface area contributed by atoms with Crippen LogP contribution in [0.3, 0.4) is 0 Å². The standard InChI is InChI=1S/C40H43NO4/c1-10-38(42)44-30(7)40(9,31(8)45-39(43)11-2)34-18-14-32(15-19-34)33-16-22-35(23-17-33)41(36-20-12-26(3)28(5)24-36)37-21-13-27(4)29(6)25-37/h10-25,30-31H,1-2H2,3-9H3. The van der Waals surface area contributed by atoms with Crippen LogP contribution in [-0.2, 0) is 24.5 Å². The zero-order chi connectivity index (χ0) is 32.9. The van der Waals surface area contributed by atoms with Gasteiger partial charge in [-0.2, -0.15) is 0 Å². The maximum Gasteiger partial charge on any atom is 0.330 e. The summed E-state index contributed by atoms with van der Waals surface area (Å²) in [4.78, 5) is 26.5. The van der Waals surface area contributed by atoms with Crippen molar-refractivity contribution >= 4 is 29.0 Å². The Bertz CT molecular complexity index is 1620. The van der Waals surface area contributed by atoms with Gasteiger partial charge in [0.1, 0.15) is 12.2 Å². The number of ether oxygens (including phenoxy) is 2. The average molecular weight is 602 g/mol. The van der Waals surface area contributed by atoms with Crippen molar-refractivity contribution < 1.29 is 19.1 Å². The Hall–Kier alpha value is -4.90. The summed E-state index contributed by atoms with van der Waals surface area (Å²) in [6.45, 7) is 21.1. The van der Waals surface area contributed by atoms with Crippen LogP contribution in [-0.4, -0.2) is 24.1 Å². The first kappa shape index (κ1) is 33.0. The van der Waals surface area contributed by atoms with Gasteiger partial charge in [0.2, 0.25) is 0 Å². The van der Waals surface area contributed by atoms with Crippen LogP contribution in [0, 0.1) is 27.7 Å². The molecule has 0 spiro atoms. The van der Waals surface area contributed by atoms with E-state index < -0.39 is 29.6 Å². The number of anilines is 3. The highest BCUT2D eigenvalue weighted by Gasteiger charge is 2.43. The van der Waals surface area contributed by atoms with Gasteiger partial charge < -0.3 is 14.4 Å². The summed E-state index contributed by atoms with van der Waals surface area (Å²) in [5, 5.41) is 0. The second-order valence-electron chi connectivity index (χ2n) is 11.8. The highest BCUT2D eigenvalue weighted by Crippen LogP contribution is 2.39. The number of esters is 2. The molecule has 0 fully saturated rings. The van der Waals surface area contributed by atoms with Crippen LogP contribution < -0.4 is 4.90 Å². The number of aryl methyl sites for hydroxylation is 4. The van der Waals surface area contributed by atoms with Crippen molar-refractivity contribution in [1.29, 1.82) is 0 Å². The largest absolute Gasteiger partial charge is 0.458 e. The van der Waals surface area contributed by atoms with Gasteiger partial charge in [-0.1, -0.05) is 61.7 Å². The van der Waals surface area contributed by atoms with Gasteiger partial charge in [-0.25, -0.2) is 9.59 Å². The van der Waals surface area contributed by atoms with E-state index in [1.165, 1.54) is 22.3 Å². The molecule has 4 aromatic rings. The number of carbonyl (C=O) groups is 2. The Morgan fingerprint density at radius 3 is 1.38 bits per heavy atom. The minimum atomic E-state index is -0.835. The van der Waals surface area contributed by atoms with E-state index in [0.717, 1.165) is 45.9 Å². The molecule has 232 valence electrons. The monoisotopic (exact) mass is 601 g/mol. The third kappa shape index (κ3) is 7.09. The summed E-state index contributed by atoms with van der Waals surface area (Å²) in [5.41, 5.74) is 10.4. The van der Waals surface area contributed by atoms with Crippen LogP contribution in [0.25, 0.3) is 11.1 Å². The molecular formula is C40H43NO4. The van der Waals surface area contributed by atoms with Crippen molar-refractivity contribution in [3.63, 3.8) is 0 Å². The summed E-state index contributed by atoms with van der Waals surface area (Å²) < 4.78 is 11.3. The normalized spacial score (nSPS) is 13.6. The highest BCUT2D eigenvalue weighted by atomic mass is 16.6. The topological polar surface area (TPSA) is 55.8 Å². The lowest BCUT2D eigenvalue weighted by atomic mass is 9.73. The van der Waals surface area contributed by atoms with Crippen molar-refractivity contribution in [2.75, 3.05) is 4.90 Å². The zero-order valence-electron chi connectivity index (χ0n) is 27.4. The number of hydrogen-bond donors (Lipinski definition) is 0. The van der Waals surface area contributed by atoms with Crippen LogP contribution in [0.1, 0.15) is 48.6 Å². The lowest BCUT2D eigenvalue weighted by Gasteiger charge is -2.39. The zero-order valence-corrected chi connectivity index (χ0v) is 27.4. The van der Waals surface area contributed by atoms with Gasteiger partial charge in [0.15, 0.2) is 0 Å². The molecule has 5 nitrogen and oxygen atoms in total. The fraction of sp³-hybridized carbons (Fsp3) is 0.250. The molecule has 0 aromatic heterocycles. The van der Waals surface area contributed by atoms with Gasteiger partial charge in [0.25, 0.3) is 0 Å². The molecule has 45 heavy (non-hydrogen) atoms.